The number of nitrogens with one attached hydrogen (secondary N) is 2. The van der Waals surface area contributed by atoms with Gasteiger partial charge in [0.2, 0.25) is 11.7 Å². The molecule has 0 radical (unpaired) electrons. The summed E-state index contributed by atoms with van der Waals surface area (Å²) in [5, 5.41) is 16.9. The number of anilines is 1. The van der Waals surface area contributed by atoms with Gasteiger partial charge in [0.25, 0.3) is 0 Å². The van der Waals surface area contributed by atoms with Gasteiger partial charge < -0.3 is 5.32 Å². The lowest BCUT2D eigenvalue weighted by Crippen LogP contribution is -2.12. The SMILES string of the molecule is O=C(CCCc1ccc(C2CC2)cc1)Nc1ccccc1-c1nn[nH]n1. The summed E-state index contributed by atoms with van der Waals surface area (Å²) >= 11 is 0. The Bertz CT molecular complexity index is 869. The minimum absolute atomic E-state index is 0.00412. The number of benzene rings is 2. The zero-order valence-electron chi connectivity index (χ0n) is 14.5. The number of hydrogen-bond acceptors (Lipinski definition) is 4. The molecule has 1 heterocycles. The first kappa shape index (κ1) is 16.4. The molecule has 0 unspecified atom stereocenters. The second kappa shape index (κ2) is 7.47. The van der Waals surface area contributed by atoms with Crippen LogP contribution in [0.1, 0.15) is 42.7 Å². The number of aryl methyl sites for hydroxylation is 1. The van der Waals surface area contributed by atoms with Crippen LogP contribution in [0.2, 0.25) is 0 Å². The fraction of sp³-hybridized carbons (Fsp3) is 0.300. The third kappa shape index (κ3) is 3.96. The van der Waals surface area contributed by atoms with Crippen molar-refractivity contribution in [2.45, 2.75) is 38.0 Å². The number of hydrogen-bond donors (Lipinski definition) is 2. The summed E-state index contributed by atoms with van der Waals surface area (Å²) < 4.78 is 0. The van der Waals surface area contributed by atoms with Crippen LogP contribution in [0.15, 0.2) is 48.5 Å². The van der Waals surface area contributed by atoms with Crippen molar-refractivity contribution >= 4 is 11.6 Å². The lowest BCUT2D eigenvalue weighted by atomic mass is 10.0. The second-order valence-electron chi connectivity index (χ2n) is 6.70. The van der Waals surface area contributed by atoms with Crippen LogP contribution < -0.4 is 5.32 Å². The van der Waals surface area contributed by atoms with Gasteiger partial charge in [-0.25, -0.2) is 0 Å². The summed E-state index contributed by atoms with van der Waals surface area (Å²) in [4.78, 5) is 12.3. The smallest absolute Gasteiger partial charge is 0.224 e. The number of aromatic amines is 1. The van der Waals surface area contributed by atoms with Crippen LogP contribution in [0.4, 0.5) is 5.69 Å². The maximum Gasteiger partial charge on any atom is 0.224 e. The van der Waals surface area contributed by atoms with Gasteiger partial charge in [-0.3, -0.25) is 4.79 Å². The lowest BCUT2D eigenvalue weighted by molar-refractivity contribution is -0.116. The molecule has 0 spiro atoms. The van der Waals surface area contributed by atoms with Crippen molar-refractivity contribution in [3.63, 3.8) is 0 Å². The number of amides is 1. The third-order valence-electron chi connectivity index (χ3n) is 4.69. The Morgan fingerprint density at radius 1 is 1.12 bits per heavy atom. The molecule has 3 aromatic rings. The maximum absolute atomic E-state index is 12.3. The second-order valence-corrected chi connectivity index (χ2v) is 6.70. The van der Waals surface area contributed by atoms with Gasteiger partial charge in [0, 0.05) is 12.0 Å². The highest BCUT2D eigenvalue weighted by Crippen LogP contribution is 2.39. The first-order valence-electron chi connectivity index (χ1n) is 9.01. The zero-order chi connectivity index (χ0) is 17.8. The van der Waals surface area contributed by atoms with Crippen molar-refractivity contribution in [1.29, 1.82) is 0 Å². The van der Waals surface area contributed by atoms with Gasteiger partial charge >= 0.3 is 0 Å². The van der Waals surface area contributed by atoms with Crippen LogP contribution in [0, 0.1) is 0 Å². The molecule has 0 atom stereocenters. The van der Waals surface area contributed by atoms with E-state index in [4.69, 9.17) is 0 Å². The Labute approximate surface area is 152 Å². The maximum atomic E-state index is 12.3. The topological polar surface area (TPSA) is 83.6 Å². The van der Waals surface area contributed by atoms with Crippen molar-refractivity contribution in [1.82, 2.24) is 20.6 Å². The molecule has 1 saturated carbocycles. The van der Waals surface area contributed by atoms with E-state index in [0.717, 1.165) is 24.3 Å². The third-order valence-corrected chi connectivity index (χ3v) is 4.69. The highest BCUT2D eigenvalue weighted by Gasteiger charge is 2.22. The highest BCUT2D eigenvalue weighted by molar-refractivity contribution is 5.94. The molecule has 0 bridgehead atoms. The fourth-order valence-corrected chi connectivity index (χ4v) is 3.10. The molecule has 1 aromatic heterocycles. The van der Waals surface area contributed by atoms with Crippen molar-refractivity contribution in [3.05, 3.63) is 59.7 Å². The molecule has 2 N–H and O–H groups in total. The molecule has 1 fully saturated rings. The Morgan fingerprint density at radius 3 is 2.65 bits per heavy atom. The number of aromatic nitrogens is 4. The average molecular weight is 347 g/mol. The van der Waals surface area contributed by atoms with Gasteiger partial charge in [-0.2, -0.15) is 5.21 Å². The summed E-state index contributed by atoms with van der Waals surface area (Å²) in [6.45, 7) is 0. The van der Waals surface area contributed by atoms with Crippen LogP contribution in [0.25, 0.3) is 11.4 Å². The highest BCUT2D eigenvalue weighted by atomic mass is 16.1. The lowest BCUT2D eigenvalue weighted by Gasteiger charge is -2.09. The van der Waals surface area contributed by atoms with Gasteiger partial charge in [0.1, 0.15) is 0 Å². The summed E-state index contributed by atoms with van der Waals surface area (Å²) in [7, 11) is 0. The summed E-state index contributed by atoms with van der Waals surface area (Å²) in [6.07, 6.45) is 4.85. The van der Waals surface area contributed by atoms with E-state index in [2.05, 4.69) is 50.2 Å². The number of tetrazole rings is 1. The predicted molar refractivity (Wildman–Crippen MR) is 99.6 cm³/mol. The number of carbonyl (C=O) groups is 1. The quantitative estimate of drug-likeness (QED) is 0.682. The molecule has 132 valence electrons. The first-order chi connectivity index (χ1) is 12.8. The summed E-state index contributed by atoms with van der Waals surface area (Å²) in [5.74, 6) is 1.25. The molecule has 2 aromatic carbocycles. The number of rotatable bonds is 7. The van der Waals surface area contributed by atoms with Gasteiger partial charge in [0.15, 0.2) is 0 Å². The van der Waals surface area contributed by atoms with E-state index in [1.807, 2.05) is 24.3 Å². The average Bonchev–Trinajstić information content (AvgIpc) is 3.37. The monoisotopic (exact) mass is 347 g/mol. The molecule has 0 aliphatic heterocycles. The molecule has 1 amide bonds. The molecule has 1 aliphatic rings. The Morgan fingerprint density at radius 2 is 1.92 bits per heavy atom. The molecule has 1 aliphatic carbocycles. The van der Waals surface area contributed by atoms with E-state index in [9.17, 15) is 4.79 Å². The molecule has 0 saturated heterocycles. The summed E-state index contributed by atoms with van der Waals surface area (Å²) in [6, 6.07) is 16.3. The van der Waals surface area contributed by atoms with Crippen LogP contribution in [0.3, 0.4) is 0 Å². The number of H-pyrrole nitrogens is 1. The van der Waals surface area contributed by atoms with Crippen molar-refractivity contribution in [3.8, 4) is 11.4 Å². The number of para-hydroxylation sites is 1. The Balaban J connectivity index is 1.30. The number of nitrogens with zero attached hydrogens (tertiary/aromatic N) is 3. The standard InChI is InChI=1S/C20H21N5O/c26-19(7-3-4-14-8-10-15(11-9-14)16-12-13-16)21-18-6-2-1-5-17(18)20-22-24-25-23-20/h1-2,5-6,8-11,16H,3-4,7,12-13H2,(H,21,26)(H,22,23,24,25). The molecule has 4 rings (SSSR count). The summed E-state index contributed by atoms with van der Waals surface area (Å²) in [5.41, 5.74) is 4.19. The Kier molecular flexibility index (Phi) is 4.73. The largest absolute Gasteiger partial charge is 0.325 e. The first-order valence-corrected chi connectivity index (χ1v) is 9.01. The molecule has 6 nitrogen and oxygen atoms in total. The number of carbonyl (C=O) groups excluding carboxylic acids is 1. The van der Waals surface area contributed by atoms with Crippen molar-refractivity contribution in [2.75, 3.05) is 5.32 Å². The molecule has 6 heteroatoms. The minimum atomic E-state index is -0.00412. The van der Waals surface area contributed by atoms with E-state index in [1.54, 1.807) is 0 Å². The van der Waals surface area contributed by atoms with Crippen LogP contribution in [0.5, 0.6) is 0 Å². The van der Waals surface area contributed by atoms with E-state index in [1.165, 1.54) is 24.0 Å². The normalized spacial score (nSPS) is 13.5. The molecule has 26 heavy (non-hydrogen) atoms. The Hall–Kier alpha value is -3.02. The van der Waals surface area contributed by atoms with Gasteiger partial charge in [0.05, 0.1) is 5.69 Å². The van der Waals surface area contributed by atoms with E-state index >= 15 is 0 Å². The predicted octanol–water partition coefficient (Wildman–Crippen LogP) is 3.71. The van der Waals surface area contributed by atoms with Crippen LogP contribution >= 0.6 is 0 Å². The van der Waals surface area contributed by atoms with Crippen molar-refractivity contribution in [2.24, 2.45) is 0 Å². The van der Waals surface area contributed by atoms with Gasteiger partial charge in [-0.1, -0.05) is 36.4 Å². The zero-order valence-corrected chi connectivity index (χ0v) is 14.5. The van der Waals surface area contributed by atoms with Crippen molar-refractivity contribution < 1.29 is 4.79 Å². The fourth-order valence-electron chi connectivity index (χ4n) is 3.10. The van der Waals surface area contributed by atoms with E-state index in [0.29, 0.717) is 17.9 Å². The van der Waals surface area contributed by atoms with Gasteiger partial charge in [-0.15, -0.1) is 10.2 Å². The molecular weight excluding hydrogens is 326 g/mol. The van der Waals surface area contributed by atoms with Gasteiger partial charge in [-0.05, 0) is 60.1 Å². The van der Waals surface area contributed by atoms with Crippen LogP contribution in [-0.4, -0.2) is 26.5 Å². The van der Waals surface area contributed by atoms with E-state index in [-0.39, 0.29) is 5.91 Å². The minimum Gasteiger partial charge on any atom is -0.325 e. The van der Waals surface area contributed by atoms with Crippen LogP contribution in [-0.2, 0) is 11.2 Å². The van der Waals surface area contributed by atoms with E-state index < -0.39 is 0 Å². The molecular formula is C20H21N5O.